The average Bonchev–Trinajstić information content (AvgIpc) is 3.51. The van der Waals surface area contributed by atoms with Crippen LogP contribution in [0.25, 0.3) is 0 Å². The van der Waals surface area contributed by atoms with Gasteiger partial charge < -0.3 is 14.6 Å². The molecule has 5 rings (SSSR count). The van der Waals surface area contributed by atoms with E-state index >= 15 is 0 Å². The Morgan fingerprint density at radius 1 is 1.15 bits per heavy atom. The van der Waals surface area contributed by atoms with Crippen molar-refractivity contribution in [2.45, 2.75) is 24.1 Å². The van der Waals surface area contributed by atoms with Crippen LogP contribution < -0.4 is 10.2 Å². The second-order valence-corrected chi connectivity index (χ2v) is 9.52. The van der Waals surface area contributed by atoms with E-state index in [1.165, 1.54) is 18.2 Å². The van der Waals surface area contributed by atoms with Crippen molar-refractivity contribution in [3.8, 4) is 0 Å². The molecule has 3 aliphatic rings. The number of hydrogen-bond donors (Lipinski definition) is 1. The molecule has 2 aromatic rings. The number of halogens is 2. The number of anilines is 2. The number of nitrogens with zero attached hydrogens (tertiary/aromatic N) is 2. The summed E-state index contributed by atoms with van der Waals surface area (Å²) in [5.41, 5.74) is 0.372. The predicted molar refractivity (Wildman–Crippen MR) is 117 cm³/mol. The molecule has 0 unspecified atom stereocenters. The van der Waals surface area contributed by atoms with Gasteiger partial charge in [0, 0.05) is 6.07 Å². The Kier molecular flexibility index (Phi) is 5.41. The topological polar surface area (TPSA) is 119 Å². The van der Waals surface area contributed by atoms with Crippen LogP contribution in [0.1, 0.15) is 22.5 Å². The number of rotatable bonds is 5. The molecule has 0 spiro atoms. The number of ether oxygens (including phenoxy) is 1. The summed E-state index contributed by atoms with van der Waals surface area (Å²) in [7, 11) is 0. The van der Waals surface area contributed by atoms with Gasteiger partial charge in [0.25, 0.3) is 5.91 Å². The highest BCUT2D eigenvalue weighted by Gasteiger charge is 2.66. The van der Waals surface area contributed by atoms with Crippen molar-refractivity contribution in [2.75, 3.05) is 16.8 Å². The lowest BCUT2D eigenvalue weighted by molar-refractivity contribution is -0.123. The van der Waals surface area contributed by atoms with E-state index in [1.807, 2.05) is 0 Å². The molecule has 2 saturated carbocycles. The van der Waals surface area contributed by atoms with Gasteiger partial charge in [0.1, 0.15) is 5.76 Å². The van der Waals surface area contributed by atoms with Gasteiger partial charge in [0.15, 0.2) is 12.4 Å². The molecule has 1 aliphatic heterocycles. The van der Waals surface area contributed by atoms with Gasteiger partial charge in [-0.3, -0.25) is 19.3 Å². The fourth-order valence-electron chi connectivity index (χ4n) is 5.19. The van der Waals surface area contributed by atoms with Gasteiger partial charge in [-0.2, -0.15) is 0 Å². The van der Waals surface area contributed by atoms with Crippen LogP contribution in [0.15, 0.2) is 34.9 Å². The lowest BCUT2D eigenvalue weighted by Gasteiger charge is -2.28. The molecule has 0 radical (unpaired) electrons. The number of esters is 1. The maximum absolute atomic E-state index is 13.1. The summed E-state index contributed by atoms with van der Waals surface area (Å²) in [6, 6.07) is 7.52. The Labute approximate surface area is 198 Å². The first-order chi connectivity index (χ1) is 15.8. The zero-order valence-corrected chi connectivity index (χ0v) is 18.9. The molecule has 1 aromatic carbocycles. The smallest absolute Gasteiger partial charge is 0.338 e. The molecule has 2 heterocycles. The Bertz CT molecular complexity index is 1130. The second kappa shape index (κ2) is 8.14. The lowest BCUT2D eigenvalue weighted by atomic mass is 9.80. The molecule has 3 amide bonds. The molecule has 3 fully saturated rings. The van der Waals surface area contributed by atoms with Crippen LogP contribution in [-0.2, 0) is 19.1 Å². The van der Waals surface area contributed by atoms with E-state index in [9.17, 15) is 19.2 Å². The van der Waals surface area contributed by atoms with Crippen molar-refractivity contribution in [3.05, 3.63) is 41.7 Å². The Morgan fingerprint density at radius 3 is 2.42 bits per heavy atom. The van der Waals surface area contributed by atoms with Crippen LogP contribution in [0, 0.1) is 30.6 Å². The number of aryl methyl sites for hydroxylation is 1. The van der Waals surface area contributed by atoms with Gasteiger partial charge in [-0.15, -0.1) is 23.2 Å². The average molecular weight is 492 g/mol. The quantitative estimate of drug-likeness (QED) is 0.387. The highest BCUT2D eigenvalue weighted by molar-refractivity contribution is 6.32. The molecule has 33 heavy (non-hydrogen) atoms. The highest BCUT2D eigenvalue weighted by Crippen LogP contribution is 2.59. The summed E-state index contributed by atoms with van der Waals surface area (Å²) < 4.78 is 9.90. The molecular formula is C22H19Cl2N3O6. The molecular weight excluding hydrogens is 473 g/mol. The number of benzene rings is 1. The van der Waals surface area contributed by atoms with Gasteiger partial charge in [-0.05, 0) is 43.4 Å². The van der Waals surface area contributed by atoms with E-state index in [0.29, 0.717) is 12.2 Å². The van der Waals surface area contributed by atoms with Crippen molar-refractivity contribution in [1.82, 2.24) is 5.16 Å². The third-order valence-electron chi connectivity index (χ3n) is 6.56. The number of hydrogen-bond acceptors (Lipinski definition) is 7. The predicted octanol–water partition coefficient (Wildman–Crippen LogP) is 2.75. The van der Waals surface area contributed by atoms with Crippen LogP contribution in [0.4, 0.5) is 11.5 Å². The molecule has 11 heteroatoms. The molecule has 1 aromatic heterocycles. The molecule has 9 nitrogen and oxygen atoms in total. The van der Waals surface area contributed by atoms with Crippen molar-refractivity contribution < 1.29 is 28.4 Å². The van der Waals surface area contributed by atoms with E-state index in [2.05, 4.69) is 10.5 Å². The number of fused-ring (bicyclic) bond motifs is 5. The van der Waals surface area contributed by atoms with Crippen LogP contribution in [0.3, 0.4) is 0 Å². The van der Waals surface area contributed by atoms with Crippen LogP contribution >= 0.6 is 23.2 Å². The number of amides is 3. The first-order valence-corrected chi connectivity index (χ1v) is 11.3. The standard InChI is InChI=1S/C22H19Cl2N3O6/c1-9-5-14(26-33-9)25-15(28)8-32-22(31)10-3-2-4-11(6-10)27-20(29)16-12-7-13(17(16)21(27)30)19(24)18(12)23/h2-6,12-13,16-19H,7-8H2,1H3,(H,25,26,28)/t12-,13-,16-,17+,18+,19+/m1/s1. The second-order valence-electron chi connectivity index (χ2n) is 8.51. The fraction of sp³-hybridized carbons (Fsp3) is 0.409. The zero-order valence-electron chi connectivity index (χ0n) is 17.4. The van der Waals surface area contributed by atoms with Gasteiger partial charge in [0.05, 0.1) is 33.8 Å². The third kappa shape index (κ3) is 3.59. The molecule has 2 bridgehead atoms. The summed E-state index contributed by atoms with van der Waals surface area (Å²) in [6.45, 7) is 1.13. The SMILES string of the molecule is Cc1cc(NC(=O)COC(=O)c2cccc(N3C(=O)[C@@H]4[C@H]5C[C@@H]([C@H](Cl)[C@H]5Cl)[C@@H]4C3=O)c2)no1. The van der Waals surface area contributed by atoms with Gasteiger partial charge in [0.2, 0.25) is 11.8 Å². The Morgan fingerprint density at radius 2 is 1.82 bits per heavy atom. The van der Waals surface area contributed by atoms with E-state index in [1.54, 1.807) is 19.1 Å². The molecule has 172 valence electrons. The third-order valence-corrected chi connectivity index (χ3v) is 7.88. The highest BCUT2D eigenvalue weighted by atomic mass is 35.5. The first-order valence-electron chi connectivity index (χ1n) is 10.4. The molecule has 6 atom stereocenters. The largest absolute Gasteiger partial charge is 0.452 e. The van der Waals surface area contributed by atoms with Gasteiger partial charge in [-0.25, -0.2) is 4.79 Å². The maximum atomic E-state index is 13.1. The summed E-state index contributed by atoms with van der Waals surface area (Å²) in [4.78, 5) is 51.8. The minimum Gasteiger partial charge on any atom is -0.452 e. The first kappa shape index (κ1) is 21.9. The minimum atomic E-state index is -0.774. The van der Waals surface area contributed by atoms with E-state index in [4.69, 9.17) is 32.5 Å². The maximum Gasteiger partial charge on any atom is 0.338 e. The van der Waals surface area contributed by atoms with Crippen LogP contribution in [-0.4, -0.2) is 46.2 Å². The molecule has 1 saturated heterocycles. The minimum absolute atomic E-state index is 0.101. The Hall–Kier alpha value is -2.91. The molecule has 1 N–H and O–H groups in total. The Balaban J connectivity index is 1.27. The van der Waals surface area contributed by atoms with Crippen LogP contribution in [0.2, 0.25) is 0 Å². The monoisotopic (exact) mass is 491 g/mol. The number of carbonyl (C=O) groups is 4. The number of alkyl halides is 2. The van der Waals surface area contributed by atoms with Crippen molar-refractivity contribution in [3.63, 3.8) is 0 Å². The van der Waals surface area contributed by atoms with Gasteiger partial charge in [-0.1, -0.05) is 11.2 Å². The summed E-state index contributed by atoms with van der Waals surface area (Å²) in [5.74, 6) is -2.52. The summed E-state index contributed by atoms with van der Waals surface area (Å²) >= 11 is 12.8. The fourth-order valence-corrected chi connectivity index (χ4v) is 6.09. The summed E-state index contributed by atoms with van der Waals surface area (Å²) in [6.07, 6.45) is 0.672. The van der Waals surface area contributed by atoms with Crippen molar-refractivity contribution in [1.29, 1.82) is 0 Å². The van der Waals surface area contributed by atoms with E-state index in [-0.39, 0.29) is 51.5 Å². The number of nitrogens with one attached hydrogen (secondary N) is 1. The lowest BCUT2D eigenvalue weighted by Crippen LogP contribution is -2.37. The van der Waals surface area contributed by atoms with Crippen molar-refractivity contribution in [2.24, 2.45) is 23.7 Å². The normalized spacial score (nSPS) is 30.0. The number of aromatic nitrogens is 1. The van der Waals surface area contributed by atoms with Crippen molar-refractivity contribution >= 4 is 58.4 Å². The van der Waals surface area contributed by atoms with E-state index in [0.717, 1.165) is 4.90 Å². The number of carbonyl (C=O) groups excluding carboxylic acids is 4. The van der Waals surface area contributed by atoms with Gasteiger partial charge >= 0.3 is 5.97 Å². The zero-order chi connectivity index (χ0) is 23.4. The summed E-state index contributed by atoms with van der Waals surface area (Å²) in [5, 5.41) is 5.38. The van der Waals surface area contributed by atoms with E-state index < -0.39 is 30.3 Å². The number of imide groups is 1. The van der Waals surface area contributed by atoms with Crippen LogP contribution in [0.5, 0.6) is 0 Å². The molecule has 2 aliphatic carbocycles.